The minimum absolute atomic E-state index is 0.132. The van der Waals surface area contributed by atoms with E-state index in [1.807, 2.05) is 0 Å². The van der Waals surface area contributed by atoms with Crippen molar-refractivity contribution in [1.82, 2.24) is 4.98 Å². The van der Waals surface area contributed by atoms with Crippen molar-refractivity contribution in [1.29, 1.82) is 0 Å². The average Bonchev–Trinajstić information content (AvgIpc) is 2.31. The first-order valence-corrected chi connectivity index (χ1v) is 8.42. The van der Waals surface area contributed by atoms with Crippen molar-refractivity contribution < 1.29 is 8.42 Å². The molecule has 1 N–H and O–H groups in total. The lowest BCUT2D eigenvalue weighted by molar-refractivity contribution is 0.600. The van der Waals surface area contributed by atoms with Gasteiger partial charge in [0.05, 0.1) is 5.02 Å². The van der Waals surface area contributed by atoms with E-state index in [1.54, 1.807) is 18.2 Å². The molecule has 8 heteroatoms. The van der Waals surface area contributed by atoms with Crippen LogP contribution in [0, 0.1) is 0 Å². The van der Waals surface area contributed by atoms with Crippen molar-refractivity contribution >= 4 is 59.3 Å². The summed E-state index contributed by atoms with van der Waals surface area (Å²) in [6.07, 6.45) is 1.37. The van der Waals surface area contributed by atoms with Crippen LogP contribution in [0.15, 0.2) is 50.4 Å². The van der Waals surface area contributed by atoms with Crippen molar-refractivity contribution in [2.75, 3.05) is 4.72 Å². The minimum atomic E-state index is -3.70. The minimum Gasteiger partial charge on any atom is -0.263 e. The van der Waals surface area contributed by atoms with Gasteiger partial charge in [-0.3, -0.25) is 4.72 Å². The zero-order valence-corrected chi connectivity index (χ0v) is 14.0. The molecule has 2 aromatic rings. The molecule has 0 unspecified atom stereocenters. The number of benzene rings is 1. The van der Waals surface area contributed by atoms with Crippen molar-refractivity contribution in [2.45, 2.75) is 4.90 Å². The maximum absolute atomic E-state index is 12.2. The standard InChI is InChI=1S/C11H7Br2ClN2O2S/c12-7-1-3-10(9(13)5-7)19(17,18)16-11-4-2-8(14)6-15-11/h1-6H,(H,15,16). The van der Waals surface area contributed by atoms with Gasteiger partial charge in [-0.25, -0.2) is 13.4 Å². The first-order valence-electron chi connectivity index (χ1n) is 4.98. The largest absolute Gasteiger partial charge is 0.264 e. The second kappa shape index (κ2) is 5.78. The van der Waals surface area contributed by atoms with E-state index in [0.717, 1.165) is 4.47 Å². The summed E-state index contributed by atoms with van der Waals surface area (Å²) in [6.45, 7) is 0. The Morgan fingerprint density at radius 2 is 1.89 bits per heavy atom. The summed E-state index contributed by atoms with van der Waals surface area (Å²) in [5, 5.41) is 0.438. The molecule has 4 nitrogen and oxygen atoms in total. The molecular weight excluding hydrogens is 419 g/mol. The summed E-state index contributed by atoms with van der Waals surface area (Å²) in [5.41, 5.74) is 0. The fourth-order valence-corrected chi connectivity index (χ4v) is 4.19. The summed E-state index contributed by atoms with van der Waals surface area (Å²) in [6, 6.07) is 7.85. The first kappa shape index (κ1) is 14.8. The van der Waals surface area contributed by atoms with E-state index in [1.165, 1.54) is 18.3 Å². The van der Waals surface area contributed by atoms with E-state index >= 15 is 0 Å². The number of hydrogen-bond acceptors (Lipinski definition) is 3. The summed E-state index contributed by atoms with van der Waals surface area (Å²) in [7, 11) is -3.70. The molecule has 0 spiro atoms. The fourth-order valence-electron chi connectivity index (χ4n) is 1.32. The van der Waals surface area contributed by atoms with E-state index in [9.17, 15) is 8.42 Å². The van der Waals surface area contributed by atoms with E-state index in [2.05, 4.69) is 41.6 Å². The van der Waals surface area contributed by atoms with Gasteiger partial charge in [0, 0.05) is 15.1 Å². The first-order chi connectivity index (χ1) is 8.88. The molecule has 0 fully saturated rings. The molecule has 0 atom stereocenters. The zero-order chi connectivity index (χ0) is 14.0. The SMILES string of the molecule is O=S(=O)(Nc1ccc(Cl)cn1)c1ccc(Br)cc1Br. The molecule has 19 heavy (non-hydrogen) atoms. The topological polar surface area (TPSA) is 59.1 Å². The van der Waals surface area contributed by atoms with E-state index in [0.29, 0.717) is 9.50 Å². The Labute approximate surface area is 132 Å². The third-order valence-corrected chi connectivity index (χ3v) is 5.20. The number of anilines is 1. The Bertz CT molecular complexity index is 705. The Hall–Kier alpha value is -0.630. The molecule has 0 aliphatic carbocycles. The molecule has 0 aliphatic heterocycles. The summed E-state index contributed by atoms with van der Waals surface area (Å²) in [5.74, 6) is 0.208. The Kier molecular flexibility index (Phi) is 4.50. The molecular formula is C11H7Br2ClN2O2S. The molecule has 0 aliphatic rings. The van der Waals surface area contributed by atoms with Gasteiger partial charge < -0.3 is 0 Å². The highest BCUT2D eigenvalue weighted by Crippen LogP contribution is 2.27. The molecule has 1 heterocycles. The maximum Gasteiger partial charge on any atom is 0.264 e. The molecule has 0 saturated carbocycles. The van der Waals surface area contributed by atoms with E-state index in [-0.39, 0.29) is 10.7 Å². The average molecular weight is 427 g/mol. The van der Waals surface area contributed by atoms with Crippen LogP contribution in [0.5, 0.6) is 0 Å². The van der Waals surface area contributed by atoms with Crippen molar-refractivity contribution in [3.63, 3.8) is 0 Å². The molecule has 2 rings (SSSR count). The molecule has 0 amide bonds. The van der Waals surface area contributed by atoms with Crippen LogP contribution in [0.2, 0.25) is 5.02 Å². The van der Waals surface area contributed by atoms with Crippen LogP contribution in [-0.4, -0.2) is 13.4 Å². The van der Waals surface area contributed by atoms with Gasteiger partial charge in [0.25, 0.3) is 10.0 Å². The van der Waals surface area contributed by atoms with Gasteiger partial charge in [-0.1, -0.05) is 27.5 Å². The number of pyridine rings is 1. The molecule has 0 saturated heterocycles. The van der Waals surface area contributed by atoms with Gasteiger partial charge in [0.2, 0.25) is 0 Å². The number of aromatic nitrogens is 1. The number of nitrogens with one attached hydrogen (secondary N) is 1. The molecule has 1 aromatic carbocycles. The van der Waals surface area contributed by atoms with Crippen molar-refractivity contribution in [3.8, 4) is 0 Å². The number of nitrogens with zero attached hydrogens (tertiary/aromatic N) is 1. The van der Waals surface area contributed by atoms with Gasteiger partial charge in [0.1, 0.15) is 10.7 Å². The van der Waals surface area contributed by atoms with Gasteiger partial charge in [0.15, 0.2) is 0 Å². The van der Waals surface area contributed by atoms with Crippen molar-refractivity contribution in [2.24, 2.45) is 0 Å². The number of halogens is 3. The highest BCUT2D eigenvalue weighted by Gasteiger charge is 2.18. The molecule has 0 bridgehead atoms. The quantitative estimate of drug-likeness (QED) is 0.805. The second-order valence-corrected chi connectivity index (χ2v) is 7.40. The van der Waals surface area contributed by atoms with E-state index in [4.69, 9.17) is 11.6 Å². The Morgan fingerprint density at radius 3 is 2.47 bits per heavy atom. The van der Waals surface area contributed by atoms with E-state index < -0.39 is 10.0 Å². The smallest absolute Gasteiger partial charge is 0.263 e. The highest BCUT2D eigenvalue weighted by atomic mass is 79.9. The summed E-state index contributed by atoms with van der Waals surface area (Å²) < 4.78 is 28.0. The van der Waals surface area contributed by atoms with Crippen LogP contribution in [-0.2, 0) is 10.0 Å². The van der Waals surface area contributed by atoms with Crippen LogP contribution >= 0.6 is 43.5 Å². The fraction of sp³-hybridized carbons (Fsp3) is 0. The third kappa shape index (κ3) is 3.68. The van der Waals surface area contributed by atoms with Crippen LogP contribution in [0.25, 0.3) is 0 Å². The lowest BCUT2D eigenvalue weighted by Gasteiger charge is -2.09. The zero-order valence-electron chi connectivity index (χ0n) is 9.27. The lowest BCUT2D eigenvalue weighted by atomic mass is 10.4. The normalized spacial score (nSPS) is 11.3. The van der Waals surface area contributed by atoms with Crippen LogP contribution < -0.4 is 4.72 Å². The lowest BCUT2D eigenvalue weighted by Crippen LogP contribution is -2.14. The van der Waals surface area contributed by atoms with Crippen LogP contribution in [0.1, 0.15) is 0 Å². The van der Waals surface area contributed by atoms with Crippen LogP contribution in [0.4, 0.5) is 5.82 Å². The summed E-state index contributed by atoms with van der Waals surface area (Å²) in [4.78, 5) is 4.02. The Morgan fingerprint density at radius 1 is 1.16 bits per heavy atom. The number of rotatable bonds is 3. The summed E-state index contributed by atoms with van der Waals surface area (Å²) >= 11 is 12.2. The van der Waals surface area contributed by atoms with Gasteiger partial charge in [-0.05, 0) is 46.3 Å². The molecule has 1 aromatic heterocycles. The van der Waals surface area contributed by atoms with Gasteiger partial charge in [-0.2, -0.15) is 0 Å². The van der Waals surface area contributed by atoms with Gasteiger partial charge in [-0.15, -0.1) is 0 Å². The predicted octanol–water partition coefficient (Wildman–Crippen LogP) is 4.06. The monoisotopic (exact) mass is 424 g/mol. The maximum atomic E-state index is 12.2. The van der Waals surface area contributed by atoms with Crippen LogP contribution in [0.3, 0.4) is 0 Å². The highest BCUT2D eigenvalue weighted by molar-refractivity contribution is 9.11. The molecule has 100 valence electrons. The molecule has 0 radical (unpaired) electrons. The Balaban J connectivity index is 2.35. The second-order valence-electron chi connectivity index (χ2n) is 3.54. The third-order valence-electron chi connectivity index (χ3n) is 2.15. The predicted molar refractivity (Wildman–Crippen MR) is 81.9 cm³/mol. The number of hydrogen-bond donors (Lipinski definition) is 1. The van der Waals surface area contributed by atoms with Gasteiger partial charge >= 0.3 is 0 Å². The van der Waals surface area contributed by atoms with Crippen molar-refractivity contribution in [3.05, 3.63) is 50.5 Å². The number of sulfonamides is 1.